The first-order valence-corrected chi connectivity index (χ1v) is 12.7. The van der Waals surface area contributed by atoms with Crippen molar-refractivity contribution >= 4 is 0 Å². The summed E-state index contributed by atoms with van der Waals surface area (Å²) in [5.41, 5.74) is 0.466. The summed E-state index contributed by atoms with van der Waals surface area (Å²) in [5.74, 6) is 0.270. The zero-order valence-electron chi connectivity index (χ0n) is 20.5. The van der Waals surface area contributed by atoms with E-state index in [9.17, 15) is 25.5 Å². The average Bonchev–Trinajstić information content (AvgIpc) is 2.99. The lowest BCUT2D eigenvalue weighted by Crippen LogP contribution is -2.61. The lowest BCUT2D eigenvalue weighted by molar-refractivity contribution is -0.156. The molecule has 0 radical (unpaired) electrons. The molecule has 4 aliphatic carbocycles. The Morgan fingerprint density at radius 2 is 1.81 bits per heavy atom. The molecule has 0 amide bonds. The lowest BCUT2D eigenvalue weighted by Gasteiger charge is -2.61. The molecule has 4 aliphatic rings. The molecule has 0 aromatic heterocycles. The summed E-state index contributed by atoms with van der Waals surface area (Å²) >= 11 is 0. The molecule has 11 atom stereocenters. The Morgan fingerprint density at radius 1 is 1.12 bits per heavy atom. The minimum absolute atomic E-state index is 0.0743. The van der Waals surface area contributed by atoms with Crippen molar-refractivity contribution < 1.29 is 25.5 Å². The van der Waals surface area contributed by atoms with Crippen LogP contribution >= 0.6 is 0 Å². The molecule has 3 saturated carbocycles. The van der Waals surface area contributed by atoms with E-state index in [1.54, 1.807) is 0 Å². The lowest BCUT2D eigenvalue weighted by atomic mass is 9.45. The van der Waals surface area contributed by atoms with Crippen LogP contribution in [0.15, 0.2) is 23.3 Å². The first-order valence-electron chi connectivity index (χ1n) is 12.7. The number of allylic oxidation sites excluding steroid dienone is 1. The highest BCUT2D eigenvalue weighted by molar-refractivity contribution is 5.37. The van der Waals surface area contributed by atoms with E-state index < -0.39 is 30.0 Å². The second kappa shape index (κ2) is 8.20. The van der Waals surface area contributed by atoms with Crippen LogP contribution in [-0.4, -0.2) is 55.5 Å². The molecule has 182 valence electrons. The van der Waals surface area contributed by atoms with Gasteiger partial charge in [-0.05, 0) is 93.5 Å². The predicted octanol–water partition coefficient (Wildman–Crippen LogP) is 3.34. The Balaban J connectivity index is 1.66. The fourth-order valence-electron chi connectivity index (χ4n) is 8.31. The largest absolute Gasteiger partial charge is 0.393 e. The second-order valence-electron chi connectivity index (χ2n) is 12.3. The topological polar surface area (TPSA) is 101 Å². The Morgan fingerprint density at radius 3 is 2.47 bits per heavy atom. The summed E-state index contributed by atoms with van der Waals surface area (Å²) in [6.07, 6.45) is 6.01. The molecular weight excluding hydrogens is 404 g/mol. The van der Waals surface area contributed by atoms with E-state index in [0.717, 1.165) is 24.8 Å². The molecule has 32 heavy (non-hydrogen) atoms. The maximum absolute atomic E-state index is 12.2. The van der Waals surface area contributed by atoms with Gasteiger partial charge in [0.2, 0.25) is 0 Å². The highest BCUT2D eigenvalue weighted by Crippen LogP contribution is 2.68. The van der Waals surface area contributed by atoms with Crippen molar-refractivity contribution in [2.45, 2.75) is 110 Å². The second-order valence-corrected chi connectivity index (χ2v) is 12.3. The van der Waals surface area contributed by atoms with Crippen molar-refractivity contribution in [3.63, 3.8) is 0 Å². The number of aliphatic hydroxyl groups excluding tert-OH is 4. The molecule has 0 aromatic rings. The number of fused-ring (bicyclic) bond motifs is 5. The van der Waals surface area contributed by atoms with Crippen LogP contribution in [0.25, 0.3) is 0 Å². The van der Waals surface area contributed by atoms with E-state index in [2.05, 4.69) is 26.8 Å². The molecule has 3 fully saturated rings. The van der Waals surface area contributed by atoms with Gasteiger partial charge in [-0.15, -0.1) is 0 Å². The van der Waals surface area contributed by atoms with Crippen LogP contribution < -0.4 is 0 Å². The van der Waals surface area contributed by atoms with Crippen molar-refractivity contribution in [2.75, 3.05) is 0 Å². The van der Waals surface area contributed by atoms with E-state index in [0.29, 0.717) is 25.7 Å². The van der Waals surface area contributed by atoms with Crippen molar-refractivity contribution in [3.8, 4) is 0 Å². The molecule has 4 rings (SSSR count). The predicted molar refractivity (Wildman–Crippen MR) is 125 cm³/mol. The zero-order chi connectivity index (χ0) is 23.6. The van der Waals surface area contributed by atoms with Gasteiger partial charge in [0, 0.05) is 5.41 Å². The van der Waals surface area contributed by atoms with Crippen LogP contribution in [0.1, 0.15) is 79.6 Å². The summed E-state index contributed by atoms with van der Waals surface area (Å²) in [6.45, 7) is 10.5. The van der Waals surface area contributed by atoms with Gasteiger partial charge in [0.25, 0.3) is 0 Å². The molecule has 0 bridgehead atoms. The Bertz CT molecular complexity index is 787. The van der Waals surface area contributed by atoms with Gasteiger partial charge in [-0.2, -0.15) is 0 Å². The summed E-state index contributed by atoms with van der Waals surface area (Å²) in [7, 11) is 0. The normalized spacial score (nSPS) is 49.9. The van der Waals surface area contributed by atoms with Crippen LogP contribution in [0.5, 0.6) is 0 Å². The van der Waals surface area contributed by atoms with Gasteiger partial charge in [-0.3, -0.25) is 0 Å². The Labute approximate surface area is 193 Å². The number of aliphatic hydroxyl groups is 5. The molecule has 1 unspecified atom stereocenters. The molecule has 0 aromatic carbocycles. The average molecular weight is 449 g/mol. The van der Waals surface area contributed by atoms with Crippen LogP contribution in [0.3, 0.4) is 0 Å². The quantitative estimate of drug-likeness (QED) is 0.425. The molecule has 0 aliphatic heterocycles. The molecule has 5 heteroatoms. The molecule has 5 N–H and O–H groups in total. The Hall–Kier alpha value is -0.720. The number of rotatable bonds is 4. The van der Waals surface area contributed by atoms with Crippen molar-refractivity contribution in [1.82, 2.24) is 0 Å². The van der Waals surface area contributed by atoms with Crippen LogP contribution in [-0.2, 0) is 0 Å². The number of hydrogen-bond donors (Lipinski definition) is 5. The van der Waals surface area contributed by atoms with E-state index >= 15 is 0 Å². The third-order valence-corrected chi connectivity index (χ3v) is 10.4. The third kappa shape index (κ3) is 3.46. The maximum atomic E-state index is 12.2. The summed E-state index contributed by atoms with van der Waals surface area (Å²) in [5, 5.41) is 55.0. The van der Waals surface area contributed by atoms with Crippen LogP contribution in [0.4, 0.5) is 0 Å². The summed E-state index contributed by atoms with van der Waals surface area (Å²) < 4.78 is 0. The smallest absolute Gasteiger partial charge is 0.0916 e. The van der Waals surface area contributed by atoms with E-state index in [1.807, 2.05) is 19.9 Å². The third-order valence-electron chi connectivity index (χ3n) is 10.4. The highest BCUT2D eigenvalue weighted by Gasteiger charge is 2.66. The van der Waals surface area contributed by atoms with Gasteiger partial charge in [0.1, 0.15) is 0 Å². The van der Waals surface area contributed by atoms with Crippen molar-refractivity contribution in [1.29, 1.82) is 0 Å². The summed E-state index contributed by atoms with van der Waals surface area (Å²) in [4.78, 5) is 0. The van der Waals surface area contributed by atoms with E-state index in [1.165, 1.54) is 5.57 Å². The summed E-state index contributed by atoms with van der Waals surface area (Å²) in [6, 6.07) is 0. The van der Waals surface area contributed by atoms with Crippen LogP contribution in [0.2, 0.25) is 0 Å². The first kappa shape index (κ1) is 24.4. The number of hydrogen-bond acceptors (Lipinski definition) is 5. The van der Waals surface area contributed by atoms with Crippen molar-refractivity contribution in [3.05, 3.63) is 23.3 Å². The van der Waals surface area contributed by atoms with E-state index in [4.69, 9.17) is 0 Å². The van der Waals surface area contributed by atoms with Crippen LogP contribution in [0, 0.1) is 34.5 Å². The van der Waals surface area contributed by atoms with Gasteiger partial charge in [0.15, 0.2) is 0 Å². The highest BCUT2D eigenvalue weighted by atomic mass is 16.3. The molecule has 0 heterocycles. The molecule has 0 saturated heterocycles. The van der Waals surface area contributed by atoms with Gasteiger partial charge in [0.05, 0.1) is 30.0 Å². The molecular formula is C27H44O5. The van der Waals surface area contributed by atoms with Crippen molar-refractivity contribution in [2.24, 2.45) is 34.5 Å². The fourth-order valence-corrected chi connectivity index (χ4v) is 8.31. The molecule has 0 spiro atoms. The minimum Gasteiger partial charge on any atom is -0.393 e. The fraction of sp³-hybridized carbons (Fsp3) is 0.852. The van der Waals surface area contributed by atoms with Gasteiger partial charge >= 0.3 is 0 Å². The van der Waals surface area contributed by atoms with Gasteiger partial charge in [-0.1, -0.05) is 38.5 Å². The standard InChI is InChI=1S/C27H44O5/c1-15(2)6-7-21(28)16(3)17-9-11-27(32)19-12-22(29)20-13-23(30)24(31)14-25(20,4)18(19)8-10-26(17,27)5/h6,12,16-18,20-24,28-32H,7-11,13-14H2,1-5H3/t16-,17+,18-,20-,21+,22?,23+,24-,25+,26+,27+/m0/s1. The zero-order valence-corrected chi connectivity index (χ0v) is 20.5. The SMILES string of the molecule is CC(C)=CC[C@@H](O)[C@@H](C)[C@H]1CC[C@@]2(O)C3=CC(O)[C@@H]4C[C@@H](O)[C@@H](O)C[C@]4(C)[C@H]3CC[C@]12C. The van der Waals surface area contributed by atoms with Gasteiger partial charge in [-0.25, -0.2) is 0 Å². The maximum Gasteiger partial charge on any atom is 0.0916 e. The Kier molecular flexibility index (Phi) is 6.25. The van der Waals surface area contributed by atoms with E-state index in [-0.39, 0.29) is 34.5 Å². The first-order chi connectivity index (χ1) is 14.8. The monoisotopic (exact) mass is 448 g/mol. The minimum atomic E-state index is -0.999. The molecule has 5 nitrogen and oxygen atoms in total. The van der Waals surface area contributed by atoms with Gasteiger partial charge < -0.3 is 25.5 Å².